The van der Waals surface area contributed by atoms with Crippen LogP contribution in [-0.2, 0) is 22.4 Å². The minimum Gasteiger partial charge on any atom is -0.465 e. The molecule has 1 aromatic carbocycles. The van der Waals surface area contributed by atoms with Crippen molar-refractivity contribution >= 4 is 23.5 Å². The molecule has 2 heterocycles. The summed E-state index contributed by atoms with van der Waals surface area (Å²) in [6, 6.07) is 9.22. The number of pyridine rings is 1. The number of hydrogen-bond donors (Lipinski definition) is 1. The highest BCUT2D eigenvalue weighted by Crippen LogP contribution is 2.22. The number of nitrogens with zero attached hydrogens (tertiary/aromatic N) is 3. The summed E-state index contributed by atoms with van der Waals surface area (Å²) in [5, 5.41) is 3.12. The number of methoxy groups -OCH3 is 1. The van der Waals surface area contributed by atoms with Crippen molar-refractivity contribution in [2.24, 2.45) is 0 Å². The number of rotatable bonds is 7. The quantitative estimate of drug-likeness (QED) is 0.650. The van der Waals surface area contributed by atoms with Crippen molar-refractivity contribution in [1.29, 1.82) is 0 Å². The standard InChI is InChI=1S/C25H32N4O4/c1-4-18-8-6-9-19(5-2)23(18)27-22(30)17-28-12-7-13-29(15-14-28)24(31)21-11-10-20(16-26-21)25(32)33-3/h6,8-11,16H,4-5,7,12-15,17H2,1-3H3,(H,27,30). The van der Waals surface area contributed by atoms with E-state index in [4.69, 9.17) is 0 Å². The van der Waals surface area contributed by atoms with Crippen molar-refractivity contribution in [3.8, 4) is 0 Å². The Hall–Kier alpha value is -3.26. The Labute approximate surface area is 194 Å². The zero-order valence-electron chi connectivity index (χ0n) is 19.6. The predicted molar refractivity (Wildman–Crippen MR) is 126 cm³/mol. The molecule has 0 atom stereocenters. The summed E-state index contributed by atoms with van der Waals surface area (Å²) in [6.07, 6.45) is 3.84. The minimum absolute atomic E-state index is 0.0366. The molecule has 3 rings (SSSR count). The molecule has 0 bridgehead atoms. The smallest absolute Gasteiger partial charge is 0.339 e. The van der Waals surface area contributed by atoms with Gasteiger partial charge in [0.05, 0.1) is 19.2 Å². The van der Waals surface area contributed by atoms with Crippen molar-refractivity contribution in [3.05, 3.63) is 58.9 Å². The van der Waals surface area contributed by atoms with Gasteiger partial charge in [-0.15, -0.1) is 0 Å². The fourth-order valence-corrected chi connectivity index (χ4v) is 4.04. The van der Waals surface area contributed by atoms with Crippen LogP contribution in [-0.4, -0.2) is 72.4 Å². The number of anilines is 1. The van der Waals surface area contributed by atoms with Gasteiger partial charge in [0.15, 0.2) is 0 Å². The molecule has 1 aromatic heterocycles. The molecule has 1 aliphatic rings. The lowest BCUT2D eigenvalue weighted by molar-refractivity contribution is -0.117. The summed E-state index contributed by atoms with van der Waals surface area (Å²) in [7, 11) is 1.30. The van der Waals surface area contributed by atoms with Gasteiger partial charge in [-0.1, -0.05) is 32.0 Å². The van der Waals surface area contributed by atoms with Gasteiger partial charge >= 0.3 is 5.97 Å². The second-order valence-corrected chi connectivity index (χ2v) is 8.05. The third-order valence-corrected chi connectivity index (χ3v) is 5.91. The normalized spacial score (nSPS) is 14.5. The largest absolute Gasteiger partial charge is 0.465 e. The Kier molecular flexibility index (Phi) is 8.54. The molecule has 1 aliphatic heterocycles. The summed E-state index contributed by atoms with van der Waals surface area (Å²) in [4.78, 5) is 45.2. The molecule has 0 spiro atoms. The molecule has 2 aromatic rings. The second-order valence-electron chi connectivity index (χ2n) is 8.05. The molecule has 0 unspecified atom stereocenters. The summed E-state index contributed by atoms with van der Waals surface area (Å²) in [5.41, 5.74) is 3.80. The number of carbonyl (C=O) groups excluding carboxylic acids is 3. The van der Waals surface area contributed by atoms with E-state index in [1.165, 1.54) is 13.3 Å². The highest BCUT2D eigenvalue weighted by Gasteiger charge is 2.23. The fourth-order valence-electron chi connectivity index (χ4n) is 4.04. The lowest BCUT2D eigenvalue weighted by atomic mass is 10.0. The molecule has 0 saturated carbocycles. The lowest BCUT2D eigenvalue weighted by Crippen LogP contribution is -2.38. The van der Waals surface area contributed by atoms with Crippen LogP contribution in [0, 0.1) is 0 Å². The van der Waals surface area contributed by atoms with Gasteiger partial charge in [0, 0.05) is 38.1 Å². The monoisotopic (exact) mass is 452 g/mol. The number of para-hydroxylation sites is 1. The molecule has 1 N–H and O–H groups in total. The molecule has 1 saturated heterocycles. The molecule has 8 heteroatoms. The third-order valence-electron chi connectivity index (χ3n) is 5.91. The number of aryl methyl sites for hydroxylation is 2. The molecular formula is C25H32N4O4. The van der Waals surface area contributed by atoms with Crippen molar-refractivity contribution in [2.45, 2.75) is 33.1 Å². The maximum Gasteiger partial charge on any atom is 0.339 e. The van der Waals surface area contributed by atoms with Crippen LogP contribution in [0.15, 0.2) is 36.5 Å². The van der Waals surface area contributed by atoms with E-state index >= 15 is 0 Å². The second kappa shape index (κ2) is 11.6. The molecule has 176 valence electrons. The summed E-state index contributed by atoms with van der Waals surface area (Å²) < 4.78 is 4.66. The van der Waals surface area contributed by atoms with E-state index in [0.717, 1.165) is 42.6 Å². The summed E-state index contributed by atoms with van der Waals surface area (Å²) in [6.45, 7) is 6.91. The number of amides is 2. The SMILES string of the molecule is CCc1cccc(CC)c1NC(=O)CN1CCCN(C(=O)c2ccc(C(=O)OC)cn2)CC1. The molecule has 8 nitrogen and oxygen atoms in total. The molecule has 1 fully saturated rings. The first-order chi connectivity index (χ1) is 16.0. The van der Waals surface area contributed by atoms with E-state index < -0.39 is 5.97 Å². The van der Waals surface area contributed by atoms with E-state index in [1.54, 1.807) is 17.0 Å². The Bertz CT molecular complexity index is 968. The van der Waals surface area contributed by atoms with Crippen LogP contribution >= 0.6 is 0 Å². The number of ether oxygens (including phenoxy) is 1. The molecule has 0 aliphatic carbocycles. The lowest BCUT2D eigenvalue weighted by Gasteiger charge is -2.22. The molecular weight excluding hydrogens is 420 g/mol. The number of esters is 1. The van der Waals surface area contributed by atoms with Crippen LogP contribution in [0.3, 0.4) is 0 Å². The summed E-state index contributed by atoms with van der Waals surface area (Å²) >= 11 is 0. The van der Waals surface area contributed by atoms with Crippen molar-refractivity contribution in [1.82, 2.24) is 14.8 Å². The highest BCUT2D eigenvalue weighted by molar-refractivity contribution is 5.95. The zero-order chi connectivity index (χ0) is 23.8. The van der Waals surface area contributed by atoms with Crippen LogP contribution in [0.4, 0.5) is 5.69 Å². The fraction of sp³-hybridized carbons (Fsp3) is 0.440. The third kappa shape index (κ3) is 6.16. The number of aromatic nitrogens is 1. The van der Waals surface area contributed by atoms with Gasteiger partial charge in [-0.2, -0.15) is 0 Å². The molecule has 0 radical (unpaired) electrons. The van der Waals surface area contributed by atoms with E-state index in [2.05, 4.69) is 45.9 Å². The van der Waals surface area contributed by atoms with Crippen LogP contribution in [0.1, 0.15) is 52.2 Å². The van der Waals surface area contributed by atoms with Gasteiger partial charge in [-0.3, -0.25) is 19.5 Å². The van der Waals surface area contributed by atoms with Crippen LogP contribution in [0.25, 0.3) is 0 Å². The Morgan fingerprint density at radius 2 is 1.73 bits per heavy atom. The first kappa shape index (κ1) is 24.4. The van der Waals surface area contributed by atoms with Gasteiger partial charge < -0.3 is 15.0 Å². The van der Waals surface area contributed by atoms with Gasteiger partial charge in [-0.25, -0.2) is 4.79 Å². The maximum atomic E-state index is 12.9. The number of nitrogens with one attached hydrogen (secondary N) is 1. The van der Waals surface area contributed by atoms with E-state index in [0.29, 0.717) is 25.2 Å². The van der Waals surface area contributed by atoms with Crippen LogP contribution in [0.2, 0.25) is 0 Å². The number of hydrogen-bond acceptors (Lipinski definition) is 6. The van der Waals surface area contributed by atoms with E-state index in [1.807, 2.05) is 6.07 Å². The Balaban J connectivity index is 1.57. The minimum atomic E-state index is -0.488. The topological polar surface area (TPSA) is 91.8 Å². The Morgan fingerprint density at radius 3 is 2.33 bits per heavy atom. The van der Waals surface area contributed by atoms with Gasteiger partial charge in [-0.05, 0) is 42.5 Å². The van der Waals surface area contributed by atoms with Crippen molar-refractivity contribution in [3.63, 3.8) is 0 Å². The average Bonchev–Trinajstić information content (AvgIpc) is 3.08. The van der Waals surface area contributed by atoms with Crippen LogP contribution in [0.5, 0.6) is 0 Å². The maximum absolute atomic E-state index is 12.9. The first-order valence-electron chi connectivity index (χ1n) is 11.4. The number of carbonyl (C=O) groups is 3. The number of benzene rings is 1. The van der Waals surface area contributed by atoms with Gasteiger partial charge in [0.2, 0.25) is 5.91 Å². The zero-order valence-corrected chi connectivity index (χ0v) is 19.6. The van der Waals surface area contributed by atoms with E-state index in [9.17, 15) is 14.4 Å². The van der Waals surface area contributed by atoms with Crippen molar-refractivity contribution < 1.29 is 19.1 Å². The van der Waals surface area contributed by atoms with Crippen LogP contribution < -0.4 is 5.32 Å². The first-order valence-corrected chi connectivity index (χ1v) is 11.4. The van der Waals surface area contributed by atoms with E-state index in [-0.39, 0.29) is 24.1 Å². The van der Waals surface area contributed by atoms with Gasteiger partial charge in [0.25, 0.3) is 5.91 Å². The van der Waals surface area contributed by atoms with Gasteiger partial charge in [0.1, 0.15) is 5.69 Å². The average molecular weight is 453 g/mol. The predicted octanol–water partition coefficient (Wildman–Crippen LogP) is 2.78. The Morgan fingerprint density at radius 1 is 1.00 bits per heavy atom. The molecule has 2 amide bonds. The van der Waals surface area contributed by atoms with Crippen molar-refractivity contribution in [2.75, 3.05) is 45.2 Å². The molecule has 33 heavy (non-hydrogen) atoms. The highest BCUT2D eigenvalue weighted by atomic mass is 16.5. The summed E-state index contributed by atoms with van der Waals surface area (Å²) in [5.74, 6) is -0.703.